The third-order valence-corrected chi connectivity index (χ3v) is 6.16. The Morgan fingerprint density at radius 2 is 1.52 bits per heavy atom. The number of ether oxygens (including phenoxy) is 6. The predicted octanol–water partition coefficient (Wildman–Crippen LogP) is 2.63. The summed E-state index contributed by atoms with van der Waals surface area (Å²) in [5.74, 6) is -2.47. The molecule has 42 heavy (non-hydrogen) atoms. The standard InChI is InChI=1S/C29H29NO12/c1-14-24(21-8-6-7-11-30-21)25(35)20-10-9-19(12-22(20)37-14)41-29-28(40-18(5)34)27(39-17(4)33)26(38-16(3)32)23(42-29)13-36-15(2)31/h6-12,23,26-29H,13H2,1-5H3/t23-,26-,27+,28-,29-/m0/s1. The van der Waals surface area contributed by atoms with Gasteiger partial charge in [-0.25, -0.2) is 0 Å². The van der Waals surface area contributed by atoms with Crippen molar-refractivity contribution in [3.05, 3.63) is 58.6 Å². The molecule has 0 spiro atoms. The van der Waals surface area contributed by atoms with E-state index in [2.05, 4.69) is 4.98 Å². The molecule has 1 aliphatic heterocycles. The second-order valence-corrected chi connectivity index (χ2v) is 9.42. The normalized spacial score (nSPS) is 21.7. The number of hydrogen-bond donors (Lipinski definition) is 0. The molecule has 0 radical (unpaired) electrons. The van der Waals surface area contributed by atoms with E-state index in [1.807, 2.05) is 0 Å². The second kappa shape index (κ2) is 12.8. The fourth-order valence-corrected chi connectivity index (χ4v) is 4.58. The molecular weight excluding hydrogens is 554 g/mol. The topological polar surface area (TPSA) is 167 Å². The average Bonchev–Trinajstić information content (AvgIpc) is 2.90. The van der Waals surface area contributed by atoms with Gasteiger partial charge in [-0.1, -0.05) is 6.07 Å². The van der Waals surface area contributed by atoms with Gasteiger partial charge in [0, 0.05) is 40.0 Å². The Balaban J connectivity index is 1.73. The molecule has 5 atom stereocenters. The van der Waals surface area contributed by atoms with Crippen molar-refractivity contribution in [1.29, 1.82) is 0 Å². The number of carbonyl (C=O) groups is 4. The molecule has 13 heteroatoms. The number of aryl methyl sites for hydroxylation is 1. The van der Waals surface area contributed by atoms with Crippen molar-refractivity contribution in [2.24, 2.45) is 0 Å². The SMILES string of the molecule is CC(=O)OC[C@@H]1O[C@H](Oc2ccc3c(=O)c(-c4ccccn4)c(C)oc3c2)[C@@H](OC(C)=O)[C@H](OC(C)=O)[C@H]1OC(C)=O. The zero-order chi connectivity index (χ0) is 30.6. The molecule has 0 amide bonds. The van der Waals surface area contributed by atoms with E-state index in [0.29, 0.717) is 17.0 Å². The Morgan fingerprint density at radius 3 is 2.14 bits per heavy atom. The van der Waals surface area contributed by atoms with Crippen molar-refractivity contribution in [2.75, 3.05) is 6.61 Å². The molecule has 3 aromatic rings. The minimum atomic E-state index is -1.44. The first-order valence-electron chi connectivity index (χ1n) is 12.9. The van der Waals surface area contributed by atoms with Crippen molar-refractivity contribution < 1.29 is 52.0 Å². The molecule has 1 saturated heterocycles. The first kappa shape index (κ1) is 30.2. The zero-order valence-electron chi connectivity index (χ0n) is 23.5. The summed E-state index contributed by atoms with van der Waals surface area (Å²) in [6.45, 7) is 5.78. The monoisotopic (exact) mass is 583 g/mol. The molecule has 13 nitrogen and oxygen atoms in total. The van der Waals surface area contributed by atoms with Gasteiger partial charge in [-0.05, 0) is 31.2 Å². The number of hydrogen-bond acceptors (Lipinski definition) is 13. The Bertz CT molecular complexity index is 1550. The first-order chi connectivity index (χ1) is 19.9. The van der Waals surface area contributed by atoms with Crippen molar-refractivity contribution >= 4 is 34.8 Å². The van der Waals surface area contributed by atoms with E-state index in [9.17, 15) is 24.0 Å². The maximum Gasteiger partial charge on any atom is 0.303 e. The lowest BCUT2D eigenvalue weighted by Crippen LogP contribution is -2.63. The molecule has 1 fully saturated rings. The van der Waals surface area contributed by atoms with Gasteiger partial charge in [-0.2, -0.15) is 0 Å². The molecule has 0 N–H and O–H groups in total. The van der Waals surface area contributed by atoms with Gasteiger partial charge < -0.3 is 32.8 Å². The number of nitrogens with zero attached hydrogens (tertiary/aromatic N) is 1. The van der Waals surface area contributed by atoms with Crippen LogP contribution in [0.25, 0.3) is 22.2 Å². The summed E-state index contributed by atoms with van der Waals surface area (Å²) in [6.07, 6.45) is -5.18. The lowest BCUT2D eigenvalue weighted by atomic mass is 9.98. The molecule has 0 aliphatic carbocycles. The van der Waals surface area contributed by atoms with Gasteiger partial charge in [0.1, 0.15) is 29.8 Å². The number of carbonyl (C=O) groups excluding carboxylic acids is 4. The van der Waals surface area contributed by atoms with Gasteiger partial charge >= 0.3 is 23.9 Å². The van der Waals surface area contributed by atoms with Crippen LogP contribution in [0.2, 0.25) is 0 Å². The predicted molar refractivity (Wildman–Crippen MR) is 143 cm³/mol. The summed E-state index contributed by atoms with van der Waals surface area (Å²) in [4.78, 5) is 65.1. The van der Waals surface area contributed by atoms with Crippen LogP contribution in [0.5, 0.6) is 5.75 Å². The maximum atomic E-state index is 13.3. The molecule has 222 valence electrons. The Morgan fingerprint density at radius 1 is 0.857 bits per heavy atom. The van der Waals surface area contributed by atoms with Gasteiger partial charge in [0.05, 0.1) is 16.6 Å². The summed E-state index contributed by atoms with van der Waals surface area (Å²) in [5, 5.41) is 0.259. The molecule has 0 unspecified atom stereocenters. The van der Waals surface area contributed by atoms with Gasteiger partial charge in [0.2, 0.25) is 17.8 Å². The van der Waals surface area contributed by atoms with Crippen LogP contribution in [0.15, 0.2) is 51.8 Å². The third kappa shape index (κ3) is 6.92. The number of pyridine rings is 1. The van der Waals surface area contributed by atoms with Gasteiger partial charge in [-0.15, -0.1) is 0 Å². The lowest BCUT2D eigenvalue weighted by Gasteiger charge is -2.43. The minimum absolute atomic E-state index is 0.136. The van der Waals surface area contributed by atoms with Gasteiger partial charge in [0.25, 0.3) is 0 Å². The molecule has 2 aromatic heterocycles. The van der Waals surface area contributed by atoms with Crippen LogP contribution < -0.4 is 10.2 Å². The van der Waals surface area contributed by atoms with E-state index in [0.717, 1.165) is 20.8 Å². The maximum absolute atomic E-state index is 13.3. The summed E-state index contributed by atoms with van der Waals surface area (Å²) in [6, 6.07) is 9.61. The van der Waals surface area contributed by atoms with E-state index < -0.39 is 61.2 Å². The molecule has 3 heterocycles. The quantitative estimate of drug-likeness (QED) is 0.281. The molecule has 1 aromatic carbocycles. The van der Waals surface area contributed by atoms with Gasteiger partial charge in [-0.3, -0.25) is 29.0 Å². The van der Waals surface area contributed by atoms with Crippen LogP contribution in [0.1, 0.15) is 33.5 Å². The summed E-state index contributed by atoms with van der Waals surface area (Å²) < 4.78 is 39.2. The summed E-state index contributed by atoms with van der Waals surface area (Å²) in [5.41, 5.74) is 0.673. The number of fused-ring (bicyclic) bond motifs is 1. The van der Waals surface area contributed by atoms with Crippen LogP contribution in [-0.2, 0) is 42.9 Å². The highest BCUT2D eigenvalue weighted by atomic mass is 16.7. The third-order valence-electron chi connectivity index (χ3n) is 6.16. The fraction of sp³-hybridized carbons (Fsp3) is 0.379. The van der Waals surface area contributed by atoms with Crippen molar-refractivity contribution in [3.63, 3.8) is 0 Å². The molecule has 4 rings (SSSR count). The first-order valence-corrected chi connectivity index (χ1v) is 12.9. The number of benzene rings is 1. The van der Waals surface area contributed by atoms with E-state index >= 15 is 0 Å². The Labute approximate surface area is 239 Å². The molecule has 0 saturated carbocycles. The average molecular weight is 584 g/mol. The number of aromatic nitrogens is 1. The number of esters is 4. The van der Waals surface area contributed by atoms with Crippen molar-refractivity contribution in [3.8, 4) is 17.0 Å². The van der Waals surface area contributed by atoms with Crippen LogP contribution in [0, 0.1) is 6.92 Å². The highest BCUT2D eigenvalue weighted by Gasteiger charge is 2.53. The van der Waals surface area contributed by atoms with Crippen LogP contribution in [-0.4, -0.2) is 66.2 Å². The summed E-state index contributed by atoms with van der Waals surface area (Å²) >= 11 is 0. The zero-order valence-corrected chi connectivity index (χ0v) is 23.5. The smallest absolute Gasteiger partial charge is 0.303 e. The second-order valence-electron chi connectivity index (χ2n) is 9.42. The Hall–Kier alpha value is -4.78. The molecule has 0 bridgehead atoms. The van der Waals surface area contributed by atoms with E-state index in [4.69, 9.17) is 32.8 Å². The van der Waals surface area contributed by atoms with Crippen molar-refractivity contribution in [1.82, 2.24) is 4.98 Å². The molecular formula is C29H29NO12. The highest BCUT2D eigenvalue weighted by molar-refractivity contribution is 5.83. The summed E-state index contributed by atoms with van der Waals surface area (Å²) in [7, 11) is 0. The fourth-order valence-electron chi connectivity index (χ4n) is 4.58. The van der Waals surface area contributed by atoms with E-state index in [-0.39, 0.29) is 22.1 Å². The minimum Gasteiger partial charge on any atom is -0.463 e. The van der Waals surface area contributed by atoms with Crippen LogP contribution >= 0.6 is 0 Å². The van der Waals surface area contributed by atoms with Crippen LogP contribution in [0.4, 0.5) is 0 Å². The van der Waals surface area contributed by atoms with Gasteiger partial charge in [0.15, 0.2) is 12.2 Å². The number of rotatable bonds is 8. The highest BCUT2D eigenvalue weighted by Crippen LogP contribution is 2.32. The van der Waals surface area contributed by atoms with E-state index in [1.54, 1.807) is 31.3 Å². The van der Waals surface area contributed by atoms with Crippen molar-refractivity contribution in [2.45, 2.75) is 65.3 Å². The van der Waals surface area contributed by atoms with Crippen LogP contribution in [0.3, 0.4) is 0 Å². The van der Waals surface area contributed by atoms with E-state index in [1.165, 1.54) is 25.1 Å². The largest absolute Gasteiger partial charge is 0.463 e. The molecule has 1 aliphatic rings. The Kier molecular flexibility index (Phi) is 9.21. The lowest BCUT2D eigenvalue weighted by molar-refractivity contribution is -0.288.